The molecule has 1 fully saturated rings. The number of likely N-dealkylation sites (tertiary alicyclic amines) is 1. The van der Waals surface area contributed by atoms with Crippen molar-refractivity contribution in [2.75, 3.05) is 6.54 Å². The van der Waals surface area contributed by atoms with E-state index in [1.807, 2.05) is 33.8 Å². The van der Waals surface area contributed by atoms with Crippen LogP contribution in [0.4, 0.5) is 4.79 Å². The summed E-state index contributed by atoms with van der Waals surface area (Å²) in [6.45, 7) is 7.99. The third-order valence-corrected chi connectivity index (χ3v) is 3.77. The van der Waals surface area contributed by atoms with E-state index in [4.69, 9.17) is 9.47 Å². The normalized spacial score (nSPS) is 19.3. The molecule has 2 rings (SSSR count). The molecule has 0 bridgehead atoms. The number of nitrogens with zero attached hydrogens (tertiary/aromatic N) is 1. The van der Waals surface area contributed by atoms with Crippen molar-refractivity contribution in [3.05, 3.63) is 35.9 Å². The molecule has 1 aliphatic rings. The van der Waals surface area contributed by atoms with Crippen molar-refractivity contribution in [1.29, 1.82) is 0 Å². The molecule has 5 heteroatoms. The zero-order chi connectivity index (χ0) is 17.0. The van der Waals surface area contributed by atoms with Crippen LogP contribution in [0.5, 0.6) is 0 Å². The monoisotopic (exact) mass is 319 g/mol. The second-order valence-electron chi connectivity index (χ2n) is 6.86. The third-order valence-electron chi connectivity index (χ3n) is 3.77. The lowest BCUT2D eigenvalue weighted by molar-refractivity contribution is -0.00659. The largest absolute Gasteiger partial charge is 0.457 e. The van der Waals surface area contributed by atoms with Gasteiger partial charge in [0.05, 0.1) is 11.6 Å². The van der Waals surface area contributed by atoms with Crippen molar-refractivity contribution in [2.24, 2.45) is 0 Å². The van der Waals surface area contributed by atoms with Gasteiger partial charge in [-0.1, -0.05) is 18.2 Å². The minimum atomic E-state index is -0.534. The summed E-state index contributed by atoms with van der Waals surface area (Å²) in [6.07, 6.45) is 0.972. The van der Waals surface area contributed by atoms with Gasteiger partial charge >= 0.3 is 12.1 Å². The van der Waals surface area contributed by atoms with Crippen LogP contribution in [-0.2, 0) is 9.47 Å². The van der Waals surface area contributed by atoms with Gasteiger partial charge < -0.3 is 14.4 Å². The Morgan fingerprint density at radius 1 is 1.22 bits per heavy atom. The highest BCUT2D eigenvalue weighted by Crippen LogP contribution is 2.25. The van der Waals surface area contributed by atoms with E-state index < -0.39 is 5.60 Å². The third kappa shape index (κ3) is 4.71. The summed E-state index contributed by atoms with van der Waals surface area (Å²) in [5, 5.41) is 0. The lowest BCUT2D eigenvalue weighted by Gasteiger charge is -2.31. The van der Waals surface area contributed by atoms with Gasteiger partial charge in [-0.05, 0) is 52.7 Å². The van der Waals surface area contributed by atoms with Gasteiger partial charge in [0.1, 0.15) is 11.7 Å². The number of hydrogen-bond donors (Lipinski definition) is 0. The number of hydrogen-bond acceptors (Lipinski definition) is 4. The summed E-state index contributed by atoms with van der Waals surface area (Å²) in [6, 6.07) is 8.73. The number of carbonyl (C=O) groups is 2. The number of benzene rings is 1. The van der Waals surface area contributed by atoms with E-state index in [9.17, 15) is 9.59 Å². The molecule has 1 heterocycles. The Balaban J connectivity index is 1.99. The summed E-state index contributed by atoms with van der Waals surface area (Å²) in [5.41, 5.74) is -0.0186. The molecular weight excluding hydrogens is 294 g/mol. The van der Waals surface area contributed by atoms with Crippen molar-refractivity contribution in [3.63, 3.8) is 0 Å². The lowest BCUT2D eigenvalue weighted by Crippen LogP contribution is -2.45. The topological polar surface area (TPSA) is 55.8 Å². The van der Waals surface area contributed by atoms with Crippen LogP contribution < -0.4 is 0 Å². The maximum atomic E-state index is 12.3. The van der Waals surface area contributed by atoms with Crippen LogP contribution >= 0.6 is 0 Å². The zero-order valence-corrected chi connectivity index (χ0v) is 14.2. The van der Waals surface area contributed by atoms with Crippen LogP contribution in [0.3, 0.4) is 0 Å². The molecule has 0 aromatic heterocycles. The van der Waals surface area contributed by atoms with Gasteiger partial charge in [-0.25, -0.2) is 9.59 Å². The smallest absolute Gasteiger partial charge is 0.410 e. The Kier molecular flexibility index (Phi) is 5.29. The molecule has 5 nitrogen and oxygen atoms in total. The Hall–Kier alpha value is -2.04. The average Bonchev–Trinajstić information content (AvgIpc) is 2.96. The Bertz CT molecular complexity index is 550. The van der Waals surface area contributed by atoms with Crippen molar-refractivity contribution in [3.8, 4) is 0 Å². The van der Waals surface area contributed by atoms with Crippen molar-refractivity contribution in [1.82, 2.24) is 4.90 Å². The maximum absolute atomic E-state index is 12.3. The summed E-state index contributed by atoms with van der Waals surface area (Å²) < 4.78 is 11.0. The summed E-state index contributed by atoms with van der Waals surface area (Å²) in [5.74, 6) is -0.367. The van der Waals surface area contributed by atoms with Gasteiger partial charge in [-0.2, -0.15) is 0 Å². The molecule has 2 atom stereocenters. The van der Waals surface area contributed by atoms with Gasteiger partial charge in [0, 0.05) is 6.54 Å². The van der Waals surface area contributed by atoms with E-state index >= 15 is 0 Å². The summed E-state index contributed by atoms with van der Waals surface area (Å²) in [7, 11) is 0. The van der Waals surface area contributed by atoms with E-state index in [-0.39, 0.29) is 24.2 Å². The van der Waals surface area contributed by atoms with Gasteiger partial charge in [-0.15, -0.1) is 0 Å². The van der Waals surface area contributed by atoms with Gasteiger partial charge in [0.15, 0.2) is 0 Å². The molecule has 0 N–H and O–H groups in total. The van der Waals surface area contributed by atoms with E-state index in [1.165, 1.54) is 0 Å². The molecule has 0 radical (unpaired) electrons. The van der Waals surface area contributed by atoms with Crippen molar-refractivity contribution < 1.29 is 19.1 Å². The predicted molar refractivity (Wildman–Crippen MR) is 87.3 cm³/mol. The number of rotatable bonds is 3. The first-order valence-electron chi connectivity index (χ1n) is 8.03. The number of amides is 1. The average molecular weight is 319 g/mol. The van der Waals surface area contributed by atoms with Crippen molar-refractivity contribution >= 4 is 12.1 Å². The van der Waals surface area contributed by atoms with Crippen LogP contribution in [-0.4, -0.2) is 41.3 Å². The first-order chi connectivity index (χ1) is 10.8. The van der Waals surface area contributed by atoms with Crippen LogP contribution in [0.2, 0.25) is 0 Å². The molecule has 1 aromatic carbocycles. The molecule has 126 valence electrons. The summed E-state index contributed by atoms with van der Waals surface area (Å²) >= 11 is 0. The molecule has 0 aliphatic carbocycles. The zero-order valence-electron chi connectivity index (χ0n) is 14.2. The predicted octanol–water partition coefficient (Wildman–Crippen LogP) is 3.63. The molecule has 23 heavy (non-hydrogen) atoms. The van der Waals surface area contributed by atoms with Crippen molar-refractivity contribution in [2.45, 2.75) is 58.3 Å². The highest BCUT2D eigenvalue weighted by atomic mass is 16.6. The Labute approximate surface area is 137 Å². The molecule has 1 saturated heterocycles. The summed E-state index contributed by atoms with van der Waals surface area (Å²) in [4.78, 5) is 26.1. The molecule has 0 spiro atoms. The maximum Gasteiger partial charge on any atom is 0.410 e. The van der Waals surface area contributed by atoms with Crippen LogP contribution in [0, 0.1) is 0 Å². The highest BCUT2D eigenvalue weighted by Gasteiger charge is 2.37. The minimum Gasteiger partial charge on any atom is -0.457 e. The highest BCUT2D eigenvalue weighted by molar-refractivity contribution is 5.89. The fraction of sp³-hybridized carbons (Fsp3) is 0.556. The van der Waals surface area contributed by atoms with E-state index in [0.717, 1.165) is 12.8 Å². The number of ether oxygens (including phenoxy) is 2. The van der Waals surface area contributed by atoms with Gasteiger partial charge in [0.2, 0.25) is 0 Å². The molecule has 1 aromatic rings. The number of esters is 1. The first kappa shape index (κ1) is 17.3. The van der Waals surface area contributed by atoms with E-state index in [1.54, 1.807) is 29.2 Å². The second kappa shape index (κ2) is 7.02. The van der Waals surface area contributed by atoms with E-state index in [0.29, 0.717) is 12.1 Å². The van der Waals surface area contributed by atoms with Crippen LogP contribution in [0.15, 0.2) is 30.3 Å². The van der Waals surface area contributed by atoms with Gasteiger partial charge in [-0.3, -0.25) is 0 Å². The quantitative estimate of drug-likeness (QED) is 0.798. The Morgan fingerprint density at radius 2 is 1.87 bits per heavy atom. The van der Waals surface area contributed by atoms with Gasteiger partial charge in [0.25, 0.3) is 0 Å². The molecule has 1 amide bonds. The molecule has 0 unspecified atom stereocenters. The molecule has 0 saturated carbocycles. The lowest BCUT2D eigenvalue weighted by atomic mass is 10.1. The SMILES string of the molecule is C[C@@H](OC(=O)c1ccccc1)[C@@H]1CCCN1C(=O)OC(C)(C)C. The van der Waals surface area contributed by atoms with Crippen LogP contribution in [0.25, 0.3) is 0 Å². The molecule has 1 aliphatic heterocycles. The number of carbonyl (C=O) groups excluding carboxylic acids is 2. The minimum absolute atomic E-state index is 0.141. The first-order valence-corrected chi connectivity index (χ1v) is 8.03. The van der Waals surface area contributed by atoms with E-state index in [2.05, 4.69) is 0 Å². The Morgan fingerprint density at radius 3 is 2.48 bits per heavy atom. The molecular formula is C18H25NO4. The second-order valence-corrected chi connectivity index (χ2v) is 6.86. The fourth-order valence-corrected chi connectivity index (χ4v) is 2.72. The fourth-order valence-electron chi connectivity index (χ4n) is 2.72. The van der Waals surface area contributed by atoms with Crippen LogP contribution in [0.1, 0.15) is 50.9 Å². The standard InChI is InChI=1S/C18H25NO4/c1-13(22-16(20)14-9-6-5-7-10-14)15-11-8-12-19(15)17(21)23-18(2,3)4/h5-7,9-10,13,15H,8,11-12H2,1-4H3/t13-,15+/m1/s1.